The zero-order valence-corrected chi connectivity index (χ0v) is 13.8. The molecule has 1 saturated heterocycles. The van der Waals surface area contributed by atoms with Crippen molar-refractivity contribution < 1.29 is 4.79 Å². The quantitative estimate of drug-likeness (QED) is 0.739. The summed E-state index contributed by atoms with van der Waals surface area (Å²) >= 11 is 0. The van der Waals surface area contributed by atoms with Crippen molar-refractivity contribution in [3.8, 4) is 0 Å². The van der Waals surface area contributed by atoms with E-state index in [-0.39, 0.29) is 6.04 Å². The lowest BCUT2D eigenvalue weighted by atomic mass is 9.93. The molecule has 4 nitrogen and oxygen atoms in total. The van der Waals surface area contributed by atoms with Gasteiger partial charge >= 0.3 is 0 Å². The molecule has 20 heavy (non-hydrogen) atoms. The van der Waals surface area contributed by atoms with Gasteiger partial charge in [-0.1, -0.05) is 20.8 Å². The van der Waals surface area contributed by atoms with Gasteiger partial charge in [-0.25, -0.2) is 0 Å². The number of nitrogens with one attached hydrogen (secondary N) is 1. The molecule has 1 rings (SSSR count). The van der Waals surface area contributed by atoms with Crippen molar-refractivity contribution in [1.29, 1.82) is 0 Å². The maximum Gasteiger partial charge on any atom is 0.239 e. The Kier molecular flexibility index (Phi) is 8.15. The van der Waals surface area contributed by atoms with E-state index in [1.165, 1.54) is 6.42 Å². The molecular formula is C16H33N3O. The summed E-state index contributed by atoms with van der Waals surface area (Å²) in [6, 6.07) is 0.0483. The average Bonchev–Trinajstić information content (AvgIpc) is 2.47. The summed E-state index contributed by atoms with van der Waals surface area (Å²) in [6.07, 6.45) is 3.26. The largest absolute Gasteiger partial charge is 0.342 e. The van der Waals surface area contributed by atoms with Gasteiger partial charge in [0, 0.05) is 13.1 Å². The Balaban J connectivity index is 2.38. The predicted octanol–water partition coefficient (Wildman–Crippen LogP) is 1.95. The third-order valence-electron chi connectivity index (χ3n) is 4.45. The van der Waals surface area contributed by atoms with Crippen molar-refractivity contribution in [3.05, 3.63) is 0 Å². The van der Waals surface area contributed by atoms with Gasteiger partial charge in [-0.05, 0) is 58.3 Å². The fraction of sp³-hybridized carbons (Fsp3) is 0.938. The van der Waals surface area contributed by atoms with E-state index in [1.54, 1.807) is 0 Å². The van der Waals surface area contributed by atoms with E-state index in [4.69, 9.17) is 0 Å². The van der Waals surface area contributed by atoms with Crippen LogP contribution in [0.4, 0.5) is 0 Å². The first-order valence-corrected chi connectivity index (χ1v) is 8.36. The lowest BCUT2D eigenvalue weighted by Gasteiger charge is -2.32. The highest BCUT2D eigenvalue weighted by atomic mass is 16.2. The molecule has 0 aromatic carbocycles. The summed E-state index contributed by atoms with van der Waals surface area (Å²) in [7, 11) is 0. The van der Waals surface area contributed by atoms with Gasteiger partial charge in [-0.15, -0.1) is 0 Å². The van der Waals surface area contributed by atoms with Crippen molar-refractivity contribution in [1.82, 2.24) is 15.1 Å². The summed E-state index contributed by atoms with van der Waals surface area (Å²) in [5.41, 5.74) is 0. The smallest absolute Gasteiger partial charge is 0.239 e. The number of hydrogen-bond acceptors (Lipinski definition) is 3. The van der Waals surface area contributed by atoms with Crippen LogP contribution in [-0.2, 0) is 4.79 Å². The first-order chi connectivity index (χ1) is 9.62. The zero-order chi connectivity index (χ0) is 15.0. The van der Waals surface area contributed by atoms with Gasteiger partial charge in [0.2, 0.25) is 5.91 Å². The minimum Gasteiger partial charge on any atom is -0.342 e. The van der Waals surface area contributed by atoms with Gasteiger partial charge in [0.15, 0.2) is 0 Å². The Bertz CT molecular complexity index is 279. The molecule has 2 unspecified atom stereocenters. The Hall–Kier alpha value is -0.610. The van der Waals surface area contributed by atoms with Crippen LogP contribution in [0, 0.1) is 5.92 Å². The first kappa shape index (κ1) is 17.4. The van der Waals surface area contributed by atoms with Gasteiger partial charge in [0.25, 0.3) is 0 Å². The highest BCUT2D eigenvalue weighted by molar-refractivity contribution is 5.82. The third-order valence-corrected chi connectivity index (χ3v) is 4.45. The molecule has 0 aromatic rings. The number of carbonyl (C=O) groups excluding carboxylic acids is 1. The summed E-state index contributed by atoms with van der Waals surface area (Å²) in [5.74, 6) is 0.971. The molecule has 0 spiro atoms. The Morgan fingerprint density at radius 2 is 1.85 bits per heavy atom. The van der Waals surface area contributed by atoms with Crippen LogP contribution >= 0.6 is 0 Å². The average molecular weight is 283 g/mol. The highest BCUT2D eigenvalue weighted by Gasteiger charge is 2.27. The second kappa shape index (κ2) is 9.35. The van der Waals surface area contributed by atoms with E-state index >= 15 is 0 Å². The fourth-order valence-corrected chi connectivity index (χ4v) is 2.97. The topological polar surface area (TPSA) is 35.6 Å². The lowest BCUT2D eigenvalue weighted by Crippen LogP contribution is -2.50. The summed E-state index contributed by atoms with van der Waals surface area (Å²) in [4.78, 5) is 17.0. The molecule has 0 aliphatic carbocycles. The van der Waals surface area contributed by atoms with E-state index < -0.39 is 0 Å². The number of piperidine rings is 1. The van der Waals surface area contributed by atoms with E-state index in [0.717, 1.165) is 52.1 Å². The van der Waals surface area contributed by atoms with Gasteiger partial charge in [-0.3, -0.25) is 4.79 Å². The second-order valence-corrected chi connectivity index (χ2v) is 5.93. The molecular weight excluding hydrogens is 250 g/mol. The maximum atomic E-state index is 12.5. The summed E-state index contributed by atoms with van der Waals surface area (Å²) < 4.78 is 0. The Morgan fingerprint density at radius 3 is 2.40 bits per heavy atom. The van der Waals surface area contributed by atoms with Crippen LogP contribution in [0.5, 0.6) is 0 Å². The van der Waals surface area contributed by atoms with Crippen molar-refractivity contribution in [2.45, 2.75) is 53.0 Å². The number of carbonyl (C=O) groups is 1. The van der Waals surface area contributed by atoms with Gasteiger partial charge < -0.3 is 15.1 Å². The van der Waals surface area contributed by atoms with E-state index in [2.05, 4.69) is 37.9 Å². The van der Waals surface area contributed by atoms with E-state index in [1.807, 2.05) is 4.90 Å². The molecule has 2 atom stereocenters. The monoisotopic (exact) mass is 283 g/mol. The Labute approximate surface area is 124 Å². The molecule has 1 aliphatic heterocycles. The van der Waals surface area contributed by atoms with Crippen molar-refractivity contribution >= 4 is 5.91 Å². The van der Waals surface area contributed by atoms with Crippen LogP contribution in [0.1, 0.15) is 47.0 Å². The molecule has 118 valence electrons. The molecule has 1 amide bonds. The SMILES string of the molecule is CCN(CC)CCCN(CC)C(=O)C1CC(C)CCN1. The first-order valence-electron chi connectivity index (χ1n) is 8.36. The molecule has 4 heteroatoms. The molecule has 1 N–H and O–H groups in total. The highest BCUT2D eigenvalue weighted by Crippen LogP contribution is 2.16. The number of amides is 1. The predicted molar refractivity (Wildman–Crippen MR) is 84.8 cm³/mol. The van der Waals surface area contributed by atoms with Crippen LogP contribution in [0.15, 0.2) is 0 Å². The summed E-state index contributed by atoms with van der Waals surface area (Å²) in [6.45, 7) is 14.7. The minimum absolute atomic E-state index is 0.0483. The number of rotatable bonds is 8. The van der Waals surface area contributed by atoms with Crippen molar-refractivity contribution in [2.75, 3.05) is 39.3 Å². The number of nitrogens with zero attached hydrogens (tertiary/aromatic N) is 2. The molecule has 0 aromatic heterocycles. The standard InChI is InChI=1S/C16H33N3O/c1-5-18(6-2)11-8-12-19(7-3)16(20)15-13-14(4)9-10-17-15/h14-15,17H,5-13H2,1-4H3. The molecule has 0 bridgehead atoms. The maximum absolute atomic E-state index is 12.5. The third kappa shape index (κ3) is 5.41. The molecule has 0 radical (unpaired) electrons. The number of hydrogen-bond donors (Lipinski definition) is 1. The molecule has 1 aliphatic rings. The van der Waals surface area contributed by atoms with Gasteiger partial charge in [0.1, 0.15) is 0 Å². The van der Waals surface area contributed by atoms with E-state index in [0.29, 0.717) is 11.8 Å². The normalized spacial score (nSPS) is 23.1. The zero-order valence-electron chi connectivity index (χ0n) is 13.8. The van der Waals surface area contributed by atoms with Crippen LogP contribution in [0.3, 0.4) is 0 Å². The van der Waals surface area contributed by atoms with Crippen LogP contribution in [0.2, 0.25) is 0 Å². The Morgan fingerprint density at radius 1 is 1.15 bits per heavy atom. The minimum atomic E-state index is 0.0483. The van der Waals surface area contributed by atoms with Gasteiger partial charge in [0.05, 0.1) is 6.04 Å². The molecule has 0 saturated carbocycles. The van der Waals surface area contributed by atoms with E-state index in [9.17, 15) is 4.79 Å². The van der Waals surface area contributed by atoms with Crippen molar-refractivity contribution in [3.63, 3.8) is 0 Å². The van der Waals surface area contributed by atoms with Crippen molar-refractivity contribution in [2.24, 2.45) is 5.92 Å². The van der Waals surface area contributed by atoms with Crippen LogP contribution in [0.25, 0.3) is 0 Å². The fourth-order valence-electron chi connectivity index (χ4n) is 2.97. The summed E-state index contributed by atoms with van der Waals surface area (Å²) in [5, 5.41) is 3.38. The molecule has 1 heterocycles. The molecule has 1 fully saturated rings. The van der Waals surface area contributed by atoms with Gasteiger partial charge in [-0.2, -0.15) is 0 Å². The van der Waals surface area contributed by atoms with Crippen LogP contribution < -0.4 is 5.32 Å². The lowest BCUT2D eigenvalue weighted by molar-refractivity contribution is -0.134. The number of likely N-dealkylation sites (N-methyl/N-ethyl adjacent to an activating group) is 1. The second-order valence-electron chi connectivity index (χ2n) is 5.93. The van der Waals surface area contributed by atoms with Crippen LogP contribution in [-0.4, -0.2) is 61.0 Å².